The van der Waals surface area contributed by atoms with Crippen LogP contribution in [0.2, 0.25) is 0 Å². The van der Waals surface area contributed by atoms with Crippen molar-refractivity contribution in [3.05, 3.63) is 60.1 Å². The van der Waals surface area contributed by atoms with Crippen molar-refractivity contribution in [1.82, 2.24) is 0 Å². The number of fused-ring (bicyclic) bond motifs is 1. The number of hydrogen-bond acceptors (Lipinski definition) is 2. The zero-order valence-electron chi connectivity index (χ0n) is 10.5. The monoisotopic (exact) mass is 487 g/mol. The van der Waals surface area contributed by atoms with Crippen LogP contribution in [0.3, 0.4) is 0 Å². The standard InChI is InChI=1S/C15H8Br3NOS/c16-10-3-1-9-6-11(4-2-8(9)5-10)19-15(20)13-7-12(17)14(18)21-13/h1-7H,(H,19,20). The second kappa shape index (κ2) is 6.20. The average Bonchev–Trinajstić information content (AvgIpc) is 2.79. The number of halogens is 3. The minimum Gasteiger partial charge on any atom is -0.321 e. The Balaban J connectivity index is 1.87. The highest BCUT2D eigenvalue weighted by Gasteiger charge is 2.12. The molecule has 2 nitrogen and oxygen atoms in total. The number of anilines is 1. The summed E-state index contributed by atoms with van der Waals surface area (Å²) in [5.74, 6) is -0.108. The molecule has 21 heavy (non-hydrogen) atoms. The van der Waals surface area contributed by atoms with Gasteiger partial charge in [0.05, 0.1) is 8.66 Å². The maximum absolute atomic E-state index is 12.2. The van der Waals surface area contributed by atoms with Crippen LogP contribution >= 0.6 is 59.1 Å². The minimum atomic E-state index is -0.108. The van der Waals surface area contributed by atoms with Crippen LogP contribution < -0.4 is 5.32 Å². The normalized spacial score (nSPS) is 10.8. The lowest BCUT2D eigenvalue weighted by atomic mass is 10.1. The number of hydrogen-bond donors (Lipinski definition) is 1. The van der Waals surface area contributed by atoms with Gasteiger partial charge in [-0.3, -0.25) is 4.79 Å². The summed E-state index contributed by atoms with van der Waals surface area (Å²) >= 11 is 11.6. The molecule has 0 saturated carbocycles. The molecule has 0 spiro atoms. The molecule has 0 atom stereocenters. The zero-order valence-corrected chi connectivity index (χ0v) is 16.1. The molecule has 1 aromatic heterocycles. The van der Waals surface area contributed by atoms with E-state index in [-0.39, 0.29) is 5.91 Å². The number of carbonyl (C=O) groups excluding carboxylic acids is 1. The van der Waals surface area contributed by atoms with E-state index in [1.807, 2.05) is 36.4 Å². The van der Waals surface area contributed by atoms with Crippen LogP contribution in [0.25, 0.3) is 10.8 Å². The van der Waals surface area contributed by atoms with E-state index in [1.165, 1.54) is 11.3 Å². The fourth-order valence-corrected chi connectivity index (χ4v) is 4.26. The Kier molecular flexibility index (Phi) is 4.49. The van der Waals surface area contributed by atoms with Gasteiger partial charge in [-0.25, -0.2) is 0 Å². The molecule has 0 saturated heterocycles. The van der Waals surface area contributed by atoms with Gasteiger partial charge in [0, 0.05) is 14.6 Å². The van der Waals surface area contributed by atoms with E-state index in [2.05, 4.69) is 59.2 Å². The van der Waals surface area contributed by atoms with Crippen molar-refractivity contribution in [2.24, 2.45) is 0 Å². The quantitative estimate of drug-likeness (QED) is 0.441. The minimum absolute atomic E-state index is 0.108. The third kappa shape index (κ3) is 3.39. The molecular weight excluding hydrogens is 482 g/mol. The molecule has 0 aliphatic carbocycles. The van der Waals surface area contributed by atoms with E-state index in [0.29, 0.717) is 4.88 Å². The summed E-state index contributed by atoms with van der Waals surface area (Å²) in [5, 5.41) is 5.14. The fourth-order valence-electron chi connectivity index (χ4n) is 1.95. The van der Waals surface area contributed by atoms with E-state index >= 15 is 0 Å². The molecule has 0 fully saturated rings. The van der Waals surface area contributed by atoms with Gasteiger partial charge in [-0.15, -0.1) is 11.3 Å². The first kappa shape index (κ1) is 15.2. The SMILES string of the molecule is O=C(Nc1ccc2cc(Br)ccc2c1)c1cc(Br)c(Br)s1. The Bertz CT molecular complexity index is 825. The molecule has 3 rings (SSSR count). The van der Waals surface area contributed by atoms with Gasteiger partial charge in [-0.2, -0.15) is 0 Å². The van der Waals surface area contributed by atoms with Crippen LogP contribution in [-0.2, 0) is 0 Å². The van der Waals surface area contributed by atoms with Crippen molar-refractivity contribution in [2.75, 3.05) is 5.32 Å². The number of thiophene rings is 1. The van der Waals surface area contributed by atoms with Crippen molar-refractivity contribution in [1.29, 1.82) is 0 Å². The van der Waals surface area contributed by atoms with Crippen molar-refractivity contribution in [2.45, 2.75) is 0 Å². The first-order chi connectivity index (χ1) is 10.0. The molecule has 106 valence electrons. The van der Waals surface area contributed by atoms with Crippen LogP contribution in [0.4, 0.5) is 5.69 Å². The van der Waals surface area contributed by atoms with Gasteiger partial charge in [0.25, 0.3) is 5.91 Å². The summed E-state index contributed by atoms with van der Waals surface area (Å²) in [5.41, 5.74) is 0.787. The predicted molar refractivity (Wildman–Crippen MR) is 99.3 cm³/mol. The third-order valence-electron chi connectivity index (χ3n) is 2.93. The summed E-state index contributed by atoms with van der Waals surface area (Å²) in [6.07, 6.45) is 0. The lowest BCUT2D eigenvalue weighted by Gasteiger charge is -2.05. The van der Waals surface area contributed by atoms with E-state index in [0.717, 1.165) is 29.2 Å². The van der Waals surface area contributed by atoms with E-state index in [1.54, 1.807) is 0 Å². The van der Waals surface area contributed by atoms with Crippen molar-refractivity contribution >= 4 is 81.5 Å². The van der Waals surface area contributed by atoms with Gasteiger partial charge in [0.2, 0.25) is 0 Å². The number of carbonyl (C=O) groups is 1. The second-order valence-corrected chi connectivity index (χ2v) is 8.53. The summed E-state index contributed by atoms with van der Waals surface area (Å²) in [6, 6.07) is 13.7. The van der Waals surface area contributed by atoms with Gasteiger partial charge in [0.1, 0.15) is 0 Å². The number of rotatable bonds is 2. The van der Waals surface area contributed by atoms with E-state index in [4.69, 9.17) is 0 Å². The maximum Gasteiger partial charge on any atom is 0.265 e. The van der Waals surface area contributed by atoms with Crippen molar-refractivity contribution < 1.29 is 4.79 Å². The average molecular weight is 490 g/mol. The lowest BCUT2D eigenvalue weighted by molar-refractivity contribution is 0.103. The molecule has 6 heteroatoms. The number of nitrogens with one attached hydrogen (secondary N) is 1. The third-order valence-corrected chi connectivity index (χ3v) is 6.68. The molecule has 0 aliphatic heterocycles. The largest absolute Gasteiger partial charge is 0.321 e. The lowest BCUT2D eigenvalue weighted by Crippen LogP contribution is -2.09. The molecule has 1 heterocycles. The Hall–Kier alpha value is -0.690. The summed E-state index contributed by atoms with van der Waals surface area (Å²) < 4.78 is 2.84. The van der Waals surface area contributed by atoms with Gasteiger partial charge < -0.3 is 5.32 Å². The van der Waals surface area contributed by atoms with Crippen LogP contribution in [0.1, 0.15) is 9.67 Å². The molecule has 0 radical (unpaired) electrons. The fraction of sp³-hybridized carbons (Fsp3) is 0. The predicted octanol–water partition coefficient (Wildman–Crippen LogP) is 6.44. The van der Waals surface area contributed by atoms with Crippen LogP contribution in [0.5, 0.6) is 0 Å². The number of amides is 1. The van der Waals surface area contributed by atoms with Crippen molar-refractivity contribution in [3.8, 4) is 0 Å². The first-order valence-electron chi connectivity index (χ1n) is 5.98. The smallest absolute Gasteiger partial charge is 0.265 e. The Morgan fingerprint density at radius 3 is 2.38 bits per heavy atom. The topological polar surface area (TPSA) is 29.1 Å². The Labute approximate surface area is 150 Å². The highest BCUT2D eigenvalue weighted by atomic mass is 79.9. The molecule has 3 aromatic rings. The maximum atomic E-state index is 12.2. The Morgan fingerprint density at radius 2 is 1.67 bits per heavy atom. The van der Waals surface area contributed by atoms with Crippen LogP contribution in [0, 0.1) is 0 Å². The molecule has 1 N–H and O–H groups in total. The summed E-state index contributed by atoms with van der Waals surface area (Å²) in [4.78, 5) is 12.9. The van der Waals surface area contributed by atoms with Crippen LogP contribution in [-0.4, -0.2) is 5.91 Å². The van der Waals surface area contributed by atoms with E-state index < -0.39 is 0 Å². The summed E-state index contributed by atoms with van der Waals surface area (Å²) in [6.45, 7) is 0. The van der Waals surface area contributed by atoms with Crippen LogP contribution in [0.15, 0.2) is 55.2 Å². The van der Waals surface area contributed by atoms with Crippen molar-refractivity contribution in [3.63, 3.8) is 0 Å². The molecule has 2 aromatic carbocycles. The molecule has 1 amide bonds. The summed E-state index contributed by atoms with van der Waals surface area (Å²) in [7, 11) is 0. The molecule has 0 unspecified atom stereocenters. The second-order valence-electron chi connectivity index (χ2n) is 4.39. The van der Waals surface area contributed by atoms with Gasteiger partial charge in [-0.1, -0.05) is 28.1 Å². The Morgan fingerprint density at radius 1 is 0.952 bits per heavy atom. The zero-order chi connectivity index (χ0) is 15.0. The highest BCUT2D eigenvalue weighted by molar-refractivity contribution is 9.13. The molecule has 0 bridgehead atoms. The van der Waals surface area contributed by atoms with E-state index in [9.17, 15) is 4.79 Å². The first-order valence-corrected chi connectivity index (χ1v) is 9.18. The highest BCUT2D eigenvalue weighted by Crippen LogP contribution is 2.33. The molecule has 0 aliphatic rings. The number of benzene rings is 2. The molecular formula is C15H8Br3NOS. The van der Waals surface area contributed by atoms with Gasteiger partial charge >= 0.3 is 0 Å². The van der Waals surface area contributed by atoms with Gasteiger partial charge in [0.15, 0.2) is 0 Å². The van der Waals surface area contributed by atoms with Gasteiger partial charge in [-0.05, 0) is 73.0 Å².